The molecule has 0 aromatic rings. The molecule has 4 bridgehead atoms. The Bertz CT molecular complexity index is 195. The van der Waals surface area contributed by atoms with Crippen LogP contribution >= 0.6 is 0 Å². The first kappa shape index (κ1) is 10.1. The lowest BCUT2D eigenvalue weighted by atomic mass is 9.52. The lowest BCUT2D eigenvalue weighted by Gasteiger charge is -2.54. The molecule has 0 aromatic heterocycles. The predicted octanol–water partition coefficient (Wildman–Crippen LogP) is 3.44. The van der Waals surface area contributed by atoms with Gasteiger partial charge in [-0.05, 0) is 62.2 Å². The van der Waals surface area contributed by atoms with Crippen molar-refractivity contribution < 1.29 is 4.74 Å². The number of rotatable bonds is 4. The van der Waals surface area contributed by atoms with Gasteiger partial charge in [-0.25, -0.2) is 0 Å². The molecule has 1 radical (unpaired) electrons. The second kappa shape index (κ2) is 4.08. The van der Waals surface area contributed by atoms with Crippen LogP contribution in [0.4, 0.5) is 0 Å². The Kier molecular flexibility index (Phi) is 2.76. The summed E-state index contributed by atoms with van der Waals surface area (Å²) in [5.74, 6) is 5.89. The highest BCUT2D eigenvalue weighted by atomic mass is 16.5. The highest BCUT2D eigenvalue weighted by Crippen LogP contribution is 2.57. The largest absolute Gasteiger partial charge is 0.381 e. The summed E-state index contributed by atoms with van der Waals surface area (Å²) >= 11 is 0. The smallest absolute Gasteiger partial charge is 0.0534 e. The van der Waals surface area contributed by atoms with Crippen LogP contribution < -0.4 is 0 Å². The van der Waals surface area contributed by atoms with Crippen LogP contribution in [0.5, 0.6) is 0 Å². The van der Waals surface area contributed by atoms with Gasteiger partial charge in [-0.2, -0.15) is 0 Å². The van der Waals surface area contributed by atoms with Gasteiger partial charge >= 0.3 is 0 Å². The molecule has 0 atom stereocenters. The molecule has 4 saturated carbocycles. The summed E-state index contributed by atoms with van der Waals surface area (Å²) in [4.78, 5) is 0. The molecule has 0 N–H and O–H groups in total. The van der Waals surface area contributed by atoms with Gasteiger partial charge in [-0.1, -0.05) is 6.92 Å². The van der Waals surface area contributed by atoms with E-state index in [1.807, 2.05) is 0 Å². The van der Waals surface area contributed by atoms with Gasteiger partial charge in [-0.15, -0.1) is 0 Å². The summed E-state index contributed by atoms with van der Waals surface area (Å²) in [5.41, 5.74) is 0. The predicted molar refractivity (Wildman–Crippen MR) is 61.4 cm³/mol. The minimum absolute atomic E-state index is 0.954. The Morgan fingerprint density at radius 2 is 1.60 bits per heavy atom. The third-order valence-electron chi connectivity index (χ3n) is 4.80. The molecular formula is C14H23O. The standard InChI is InChI=1S/C14H23O/c1-2-3-15-9-14-12-5-10-4-11(7-12)8-13(14)6-10/h10-13H,2-9H2,1H3. The van der Waals surface area contributed by atoms with Crippen molar-refractivity contribution in [3.05, 3.63) is 5.92 Å². The number of ether oxygens (including phenoxy) is 1. The molecule has 85 valence electrons. The molecule has 0 amide bonds. The molecule has 4 aliphatic rings. The van der Waals surface area contributed by atoms with Crippen LogP contribution in [0.3, 0.4) is 0 Å². The molecule has 0 unspecified atom stereocenters. The van der Waals surface area contributed by atoms with Crippen LogP contribution in [-0.2, 0) is 4.74 Å². The van der Waals surface area contributed by atoms with Gasteiger partial charge in [-0.3, -0.25) is 0 Å². The van der Waals surface area contributed by atoms with Crippen LogP contribution in [-0.4, -0.2) is 13.2 Å². The summed E-state index contributed by atoms with van der Waals surface area (Å²) in [6.07, 6.45) is 8.70. The molecular weight excluding hydrogens is 184 g/mol. The van der Waals surface area contributed by atoms with E-state index in [1.165, 1.54) is 25.7 Å². The molecule has 0 aromatic carbocycles. The van der Waals surface area contributed by atoms with Crippen molar-refractivity contribution in [1.29, 1.82) is 0 Å². The first-order valence-corrected chi connectivity index (χ1v) is 6.80. The van der Waals surface area contributed by atoms with Crippen LogP contribution in [0.15, 0.2) is 0 Å². The van der Waals surface area contributed by atoms with E-state index in [2.05, 4.69) is 6.92 Å². The molecule has 0 spiro atoms. The lowest BCUT2D eigenvalue weighted by Crippen LogP contribution is -2.45. The summed E-state index contributed by atoms with van der Waals surface area (Å²) in [5, 5.41) is 0. The van der Waals surface area contributed by atoms with Crippen molar-refractivity contribution in [2.45, 2.75) is 45.4 Å². The van der Waals surface area contributed by atoms with E-state index in [0.29, 0.717) is 0 Å². The maximum atomic E-state index is 5.77. The van der Waals surface area contributed by atoms with Crippen molar-refractivity contribution in [3.8, 4) is 0 Å². The molecule has 4 fully saturated rings. The molecule has 0 heterocycles. The summed E-state index contributed by atoms with van der Waals surface area (Å²) < 4.78 is 5.77. The summed E-state index contributed by atoms with van der Waals surface area (Å²) in [7, 11) is 0. The molecule has 0 aliphatic heterocycles. The molecule has 1 nitrogen and oxygen atoms in total. The average Bonchev–Trinajstić information content (AvgIpc) is 2.21. The van der Waals surface area contributed by atoms with E-state index in [9.17, 15) is 0 Å². The maximum Gasteiger partial charge on any atom is 0.0534 e. The first-order chi connectivity index (χ1) is 7.36. The number of hydrogen-bond acceptors (Lipinski definition) is 1. The van der Waals surface area contributed by atoms with Crippen molar-refractivity contribution in [3.63, 3.8) is 0 Å². The van der Waals surface area contributed by atoms with E-state index in [-0.39, 0.29) is 0 Å². The fourth-order valence-corrected chi connectivity index (χ4v) is 4.36. The average molecular weight is 207 g/mol. The van der Waals surface area contributed by atoms with Gasteiger partial charge in [0.05, 0.1) is 6.61 Å². The van der Waals surface area contributed by atoms with Crippen molar-refractivity contribution in [1.82, 2.24) is 0 Å². The zero-order chi connectivity index (χ0) is 10.3. The zero-order valence-electron chi connectivity index (χ0n) is 9.87. The van der Waals surface area contributed by atoms with Crippen molar-refractivity contribution in [2.24, 2.45) is 23.7 Å². The Balaban J connectivity index is 1.60. The Morgan fingerprint density at radius 3 is 2.13 bits per heavy atom. The van der Waals surface area contributed by atoms with Crippen LogP contribution in [0.2, 0.25) is 0 Å². The topological polar surface area (TPSA) is 9.23 Å². The SMILES string of the molecule is CCCOC[C]1C2CC3CC(C2)CC1C3. The van der Waals surface area contributed by atoms with Gasteiger partial charge < -0.3 is 4.74 Å². The summed E-state index contributed by atoms with van der Waals surface area (Å²) in [6.45, 7) is 4.14. The van der Waals surface area contributed by atoms with E-state index >= 15 is 0 Å². The lowest BCUT2D eigenvalue weighted by molar-refractivity contribution is 0.00983. The van der Waals surface area contributed by atoms with Gasteiger partial charge in [0, 0.05) is 12.5 Å². The highest BCUT2D eigenvalue weighted by Gasteiger charge is 2.48. The fourth-order valence-electron chi connectivity index (χ4n) is 4.36. The molecule has 15 heavy (non-hydrogen) atoms. The Morgan fingerprint density at radius 1 is 1.00 bits per heavy atom. The highest BCUT2D eigenvalue weighted by molar-refractivity contribution is 5.13. The van der Waals surface area contributed by atoms with Crippen LogP contribution in [0.1, 0.15) is 45.4 Å². The Hall–Kier alpha value is -0.0400. The minimum Gasteiger partial charge on any atom is -0.381 e. The summed E-state index contributed by atoms with van der Waals surface area (Å²) in [6, 6.07) is 0. The maximum absolute atomic E-state index is 5.77. The van der Waals surface area contributed by atoms with Gasteiger partial charge in [0.2, 0.25) is 0 Å². The third kappa shape index (κ3) is 1.84. The van der Waals surface area contributed by atoms with Crippen molar-refractivity contribution in [2.75, 3.05) is 13.2 Å². The molecule has 4 aliphatic carbocycles. The van der Waals surface area contributed by atoms with Gasteiger partial charge in [0.15, 0.2) is 0 Å². The van der Waals surface area contributed by atoms with E-state index < -0.39 is 0 Å². The fraction of sp³-hybridized carbons (Fsp3) is 0.929. The quantitative estimate of drug-likeness (QED) is 0.642. The monoisotopic (exact) mass is 207 g/mol. The zero-order valence-corrected chi connectivity index (χ0v) is 9.87. The van der Waals surface area contributed by atoms with Gasteiger partial charge in [0.25, 0.3) is 0 Å². The third-order valence-corrected chi connectivity index (χ3v) is 4.80. The molecule has 1 heteroatoms. The minimum atomic E-state index is 0.954. The van der Waals surface area contributed by atoms with E-state index in [0.717, 1.165) is 43.3 Å². The second-order valence-corrected chi connectivity index (χ2v) is 5.93. The Labute approximate surface area is 93.6 Å². The molecule has 4 rings (SSSR count). The van der Waals surface area contributed by atoms with Crippen LogP contribution in [0.25, 0.3) is 0 Å². The number of hydrogen-bond donors (Lipinski definition) is 0. The first-order valence-electron chi connectivity index (χ1n) is 6.80. The molecule has 0 saturated heterocycles. The van der Waals surface area contributed by atoms with Gasteiger partial charge in [0.1, 0.15) is 0 Å². The second-order valence-electron chi connectivity index (χ2n) is 5.93. The van der Waals surface area contributed by atoms with E-state index in [4.69, 9.17) is 4.74 Å². The van der Waals surface area contributed by atoms with E-state index in [1.54, 1.807) is 12.3 Å². The van der Waals surface area contributed by atoms with Crippen molar-refractivity contribution >= 4 is 0 Å². The van der Waals surface area contributed by atoms with Crippen LogP contribution in [0, 0.1) is 29.6 Å². The normalized spacial score (nSPS) is 43.8.